The van der Waals surface area contributed by atoms with Crippen molar-refractivity contribution >= 4 is 15.2 Å². The average molecular weight is 253 g/mol. The Morgan fingerprint density at radius 2 is 1.71 bits per heavy atom. The summed E-state index contributed by atoms with van der Waals surface area (Å²) in [5.74, 6) is 0. The maximum Gasteiger partial charge on any atom is 0.144 e. The molecule has 0 aliphatic carbocycles. The van der Waals surface area contributed by atoms with Gasteiger partial charge in [0, 0.05) is 25.1 Å². The van der Waals surface area contributed by atoms with Gasteiger partial charge < -0.3 is 14.8 Å². The molecule has 4 heteroatoms. The summed E-state index contributed by atoms with van der Waals surface area (Å²) in [4.78, 5) is 0. The smallest absolute Gasteiger partial charge is 0.144 e. The first kappa shape index (κ1) is 14.2. The van der Waals surface area contributed by atoms with E-state index in [1.54, 1.807) is 0 Å². The third-order valence-electron chi connectivity index (χ3n) is 2.58. The van der Waals surface area contributed by atoms with Gasteiger partial charge in [-0.25, -0.2) is 0 Å². The lowest BCUT2D eigenvalue weighted by Crippen LogP contribution is -2.42. The number of para-hydroxylation sites is 1. The molecule has 0 amide bonds. The van der Waals surface area contributed by atoms with Gasteiger partial charge in [0.25, 0.3) is 0 Å². The molecule has 0 radical (unpaired) electrons. The normalized spacial score (nSPS) is 12.2. The Bertz CT molecular complexity index is 300. The van der Waals surface area contributed by atoms with Crippen LogP contribution >= 0.6 is 0 Å². The van der Waals surface area contributed by atoms with Gasteiger partial charge in [-0.3, -0.25) is 0 Å². The lowest BCUT2D eigenvalue weighted by Gasteiger charge is -2.29. The van der Waals surface area contributed by atoms with E-state index in [4.69, 9.17) is 9.47 Å². The van der Waals surface area contributed by atoms with Crippen molar-refractivity contribution in [2.45, 2.75) is 26.2 Å². The molecular formula is C13H23NO2Si. The van der Waals surface area contributed by atoms with Crippen LogP contribution in [0.25, 0.3) is 0 Å². The number of nitrogens with one attached hydrogen (secondary N) is 1. The number of hydrogen-bond donors (Lipinski definition) is 1. The van der Waals surface area contributed by atoms with Crippen LogP contribution in [0.5, 0.6) is 0 Å². The fourth-order valence-electron chi connectivity index (χ4n) is 1.79. The summed E-state index contributed by atoms with van der Waals surface area (Å²) in [6.45, 7) is 7.48. The van der Waals surface area contributed by atoms with Crippen LogP contribution in [0.1, 0.15) is 20.8 Å². The third-order valence-corrected chi connectivity index (χ3v) is 4.40. The summed E-state index contributed by atoms with van der Waals surface area (Å²) >= 11 is 0. The predicted octanol–water partition coefficient (Wildman–Crippen LogP) is 1.97. The highest BCUT2D eigenvalue weighted by Crippen LogP contribution is 2.11. The van der Waals surface area contributed by atoms with E-state index in [1.807, 2.05) is 32.0 Å². The molecule has 0 atom stereocenters. The molecule has 96 valence electrons. The Hall–Kier alpha value is -0.843. The van der Waals surface area contributed by atoms with Crippen LogP contribution in [0, 0.1) is 0 Å². The minimum absolute atomic E-state index is 0.342. The highest BCUT2D eigenvalue weighted by molar-refractivity contribution is 6.39. The van der Waals surface area contributed by atoms with E-state index in [-0.39, 0.29) is 5.41 Å². The summed E-state index contributed by atoms with van der Waals surface area (Å²) in [7, 11) is -0.493. The van der Waals surface area contributed by atoms with Gasteiger partial charge in [0.2, 0.25) is 0 Å². The van der Waals surface area contributed by atoms with Crippen LogP contribution in [0.2, 0.25) is 0 Å². The molecule has 0 spiro atoms. The van der Waals surface area contributed by atoms with Gasteiger partial charge in [-0.2, -0.15) is 0 Å². The van der Waals surface area contributed by atoms with Crippen LogP contribution in [-0.4, -0.2) is 34.3 Å². The number of rotatable bonds is 8. The first-order chi connectivity index (χ1) is 8.20. The second-order valence-electron chi connectivity index (χ2n) is 4.04. The maximum absolute atomic E-state index is 5.71. The lowest BCUT2D eigenvalue weighted by molar-refractivity contribution is -0.162. The number of benzene rings is 1. The number of hydrogen-bond acceptors (Lipinski definition) is 3. The van der Waals surface area contributed by atoms with Crippen LogP contribution in [-0.2, 0) is 9.47 Å². The van der Waals surface area contributed by atoms with Crippen molar-refractivity contribution in [2.24, 2.45) is 0 Å². The van der Waals surface area contributed by atoms with E-state index >= 15 is 0 Å². The topological polar surface area (TPSA) is 30.5 Å². The summed E-state index contributed by atoms with van der Waals surface area (Å²) in [6, 6.07) is 10.2. The number of ether oxygens (including phenoxy) is 2. The molecular weight excluding hydrogens is 230 g/mol. The minimum atomic E-state index is -0.493. The molecule has 0 saturated carbocycles. The average Bonchev–Trinajstić information content (AvgIpc) is 2.31. The molecule has 0 unspecified atom stereocenters. The molecule has 0 aromatic heterocycles. The SMILES string of the molecule is CCOC(C)(OCC)[SiH2]CNc1ccccc1. The first-order valence-electron chi connectivity index (χ1n) is 6.27. The third kappa shape index (κ3) is 5.34. The fraction of sp³-hybridized carbons (Fsp3) is 0.538. The van der Waals surface area contributed by atoms with Gasteiger partial charge in [0.1, 0.15) is 14.9 Å². The fourth-order valence-corrected chi connectivity index (χ4v) is 3.35. The highest BCUT2D eigenvalue weighted by Gasteiger charge is 2.24. The van der Waals surface area contributed by atoms with Gasteiger partial charge in [-0.05, 0) is 32.9 Å². The van der Waals surface area contributed by atoms with Crippen molar-refractivity contribution in [2.75, 3.05) is 24.7 Å². The van der Waals surface area contributed by atoms with Gasteiger partial charge in [-0.15, -0.1) is 0 Å². The van der Waals surface area contributed by atoms with Crippen molar-refractivity contribution in [1.82, 2.24) is 0 Å². The molecule has 0 heterocycles. The van der Waals surface area contributed by atoms with Gasteiger partial charge in [0.15, 0.2) is 0 Å². The predicted molar refractivity (Wildman–Crippen MR) is 75.1 cm³/mol. The minimum Gasteiger partial charge on any atom is -0.388 e. The van der Waals surface area contributed by atoms with E-state index in [9.17, 15) is 0 Å². The molecule has 0 fully saturated rings. The first-order valence-corrected chi connectivity index (χ1v) is 7.97. The summed E-state index contributed by atoms with van der Waals surface area (Å²) in [5.41, 5.74) is 0.820. The Labute approximate surface area is 106 Å². The molecule has 1 aromatic carbocycles. The Morgan fingerprint density at radius 1 is 1.12 bits per heavy atom. The zero-order valence-electron chi connectivity index (χ0n) is 11.0. The molecule has 17 heavy (non-hydrogen) atoms. The second-order valence-corrected chi connectivity index (χ2v) is 6.33. The van der Waals surface area contributed by atoms with Gasteiger partial charge >= 0.3 is 0 Å². The van der Waals surface area contributed by atoms with Gasteiger partial charge in [0.05, 0.1) is 0 Å². The summed E-state index contributed by atoms with van der Waals surface area (Å²) in [6.07, 6.45) is 0.973. The Kier molecular flexibility index (Phi) is 6.25. The molecule has 1 N–H and O–H groups in total. The zero-order valence-corrected chi connectivity index (χ0v) is 12.4. The second kappa shape index (κ2) is 7.48. The lowest BCUT2D eigenvalue weighted by atomic mass is 10.3. The van der Waals surface area contributed by atoms with Crippen LogP contribution in [0.3, 0.4) is 0 Å². The van der Waals surface area contributed by atoms with Crippen molar-refractivity contribution in [1.29, 1.82) is 0 Å². The standard InChI is InChI=1S/C13H23NO2Si/c1-4-15-13(3,16-5-2)17-11-14-12-9-7-6-8-10-12/h6-10,14H,4-5,11,17H2,1-3H3. The van der Waals surface area contributed by atoms with E-state index < -0.39 is 9.52 Å². The van der Waals surface area contributed by atoms with Crippen LogP contribution < -0.4 is 5.32 Å². The van der Waals surface area contributed by atoms with E-state index in [2.05, 4.69) is 24.4 Å². The molecule has 0 bridgehead atoms. The van der Waals surface area contributed by atoms with Crippen LogP contribution in [0.15, 0.2) is 30.3 Å². The Morgan fingerprint density at radius 3 is 2.24 bits per heavy atom. The summed E-state index contributed by atoms with van der Waals surface area (Å²) in [5, 5.41) is 3.42. The quantitative estimate of drug-likeness (QED) is 0.567. The molecule has 3 nitrogen and oxygen atoms in total. The van der Waals surface area contributed by atoms with E-state index in [0.717, 1.165) is 11.9 Å². The van der Waals surface area contributed by atoms with Crippen molar-refractivity contribution < 1.29 is 9.47 Å². The maximum atomic E-state index is 5.71. The zero-order chi connectivity index (χ0) is 12.6. The largest absolute Gasteiger partial charge is 0.388 e. The number of anilines is 1. The molecule has 0 aliphatic heterocycles. The molecule has 0 saturated heterocycles. The van der Waals surface area contributed by atoms with Crippen LogP contribution in [0.4, 0.5) is 5.69 Å². The van der Waals surface area contributed by atoms with Crippen molar-refractivity contribution in [3.63, 3.8) is 0 Å². The monoisotopic (exact) mass is 253 g/mol. The molecule has 1 aromatic rings. The molecule has 1 rings (SSSR count). The van der Waals surface area contributed by atoms with E-state index in [0.29, 0.717) is 13.2 Å². The highest BCUT2D eigenvalue weighted by atomic mass is 28.2. The summed E-state index contributed by atoms with van der Waals surface area (Å²) < 4.78 is 11.4. The van der Waals surface area contributed by atoms with E-state index in [1.165, 1.54) is 0 Å². The van der Waals surface area contributed by atoms with Crippen molar-refractivity contribution in [3.05, 3.63) is 30.3 Å². The molecule has 0 aliphatic rings. The van der Waals surface area contributed by atoms with Crippen molar-refractivity contribution in [3.8, 4) is 0 Å². The Balaban J connectivity index is 2.37. The van der Waals surface area contributed by atoms with Gasteiger partial charge in [-0.1, -0.05) is 18.2 Å².